The van der Waals surface area contributed by atoms with Crippen molar-refractivity contribution in [3.05, 3.63) is 34.1 Å². The summed E-state index contributed by atoms with van der Waals surface area (Å²) in [5.74, 6) is -0.190. The monoisotopic (exact) mass is 328 g/mol. The molecule has 1 unspecified atom stereocenters. The van der Waals surface area contributed by atoms with Crippen molar-refractivity contribution in [1.82, 2.24) is 10.6 Å². The van der Waals surface area contributed by atoms with Gasteiger partial charge in [-0.1, -0.05) is 15.9 Å². The molecule has 0 aromatic heterocycles. The highest BCUT2D eigenvalue weighted by Gasteiger charge is 2.17. The molecule has 0 saturated carbocycles. The standard InChI is InChI=1S/C14H18BrFN2O/c15-11-3-4-13(16)10(8-11)5-7-18-14(19)9-12-2-1-6-17-12/h3-4,8,12,17H,1-2,5-7,9H2,(H,18,19). The highest BCUT2D eigenvalue weighted by atomic mass is 79.9. The van der Waals surface area contributed by atoms with Crippen molar-refractivity contribution in [3.8, 4) is 0 Å². The molecule has 1 aliphatic heterocycles. The topological polar surface area (TPSA) is 41.1 Å². The molecular weight excluding hydrogens is 311 g/mol. The first-order valence-corrected chi connectivity index (χ1v) is 7.38. The summed E-state index contributed by atoms with van der Waals surface area (Å²) >= 11 is 3.31. The van der Waals surface area contributed by atoms with Gasteiger partial charge in [-0.05, 0) is 49.6 Å². The van der Waals surface area contributed by atoms with Crippen molar-refractivity contribution >= 4 is 21.8 Å². The number of amides is 1. The normalized spacial score (nSPS) is 18.5. The van der Waals surface area contributed by atoms with Crippen LogP contribution in [-0.4, -0.2) is 25.0 Å². The van der Waals surface area contributed by atoms with Crippen LogP contribution in [-0.2, 0) is 11.2 Å². The van der Waals surface area contributed by atoms with Crippen LogP contribution < -0.4 is 10.6 Å². The maximum atomic E-state index is 13.5. The summed E-state index contributed by atoms with van der Waals surface area (Å²) in [7, 11) is 0. The van der Waals surface area contributed by atoms with E-state index in [4.69, 9.17) is 0 Å². The SMILES string of the molecule is O=C(CC1CCCN1)NCCc1cc(Br)ccc1F. The predicted octanol–water partition coefficient (Wildman–Crippen LogP) is 2.39. The molecule has 1 atom stereocenters. The lowest BCUT2D eigenvalue weighted by atomic mass is 10.1. The van der Waals surface area contributed by atoms with E-state index in [9.17, 15) is 9.18 Å². The summed E-state index contributed by atoms with van der Waals surface area (Å²) in [5.41, 5.74) is 0.619. The quantitative estimate of drug-likeness (QED) is 0.871. The molecular formula is C14H18BrFN2O. The summed E-state index contributed by atoms with van der Waals surface area (Å²) in [6, 6.07) is 5.16. The van der Waals surface area contributed by atoms with Crippen LogP contribution in [0, 0.1) is 5.82 Å². The first-order valence-electron chi connectivity index (χ1n) is 6.59. The maximum absolute atomic E-state index is 13.5. The van der Waals surface area contributed by atoms with Gasteiger partial charge < -0.3 is 10.6 Å². The van der Waals surface area contributed by atoms with E-state index in [2.05, 4.69) is 26.6 Å². The second kappa shape index (κ2) is 7.01. The second-order valence-corrected chi connectivity index (χ2v) is 5.75. The first kappa shape index (κ1) is 14.5. The van der Waals surface area contributed by atoms with Gasteiger partial charge in [0.1, 0.15) is 5.82 Å². The summed E-state index contributed by atoms with van der Waals surface area (Å²) < 4.78 is 14.3. The van der Waals surface area contributed by atoms with Crippen LogP contribution in [0.25, 0.3) is 0 Å². The fourth-order valence-electron chi connectivity index (χ4n) is 2.30. The van der Waals surface area contributed by atoms with Crippen molar-refractivity contribution in [2.24, 2.45) is 0 Å². The zero-order valence-electron chi connectivity index (χ0n) is 10.7. The Hall–Kier alpha value is -0.940. The molecule has 104 valence electrons. The largest absolute Gasteiger partial charge is 0.356 e. The number of nitrogens with one attached hydrogen (secondary N) is 2. The van der Waals surface area contributed by atoms with E-state index in [1.54, 1.807) is 12.1 Å². The number of rotatable bonds is 5. The number of benzene rings is 1. The highest BCUT2D eigenvalue weighted by molar-refractivity contribution is 9.10. The predicted molar refractivity (Wildman–Crippen MR) is 76.5 cm³/mol. The minimum atomic E-state index is -0.227. The maximum Gasteiger partial charge on any atom is 0.221 e. The van der Waals surface area contributed by atoms with Crippen LogP contribution in [0.2, 0.25) is 0 Å². The van der Waals surface area contributed by atoms with Gasteiger partial charge >= 0.3 is 0 Å². The fraction of sp³-hybridized carbons (Fsp3) is 0.500. The third kappa shape index (κ3) is 4.58. The summed E-state index contributed by atoms with van der Waals surface area (Å²) in [6.45, 7) is 1.47. The van der Waals surface area contributed by atoms with Gasteiger partial charge in [-0.25, -0.2) is 4.39 Å². The summed E-state index contributed by atoms with van der Waals surface area (Å²) in [4.78, 5) is 11.7. The van der Waals surface area contributed by atoms with Gasteiger partial charge in [-0.3, -0.25) is 4.79 Å². The van der Waals surface area contributed by atoms with E-state index >= 15 is 0 Å². The van der Waals surface area contributed by atoms with Crippen molar-refractivity contribution in [2.75, 3.05) is 13.1 Å². The van der Waals surface area contributed by atoms with E-state index in [1.807, 2.05) is 0 Å². The minimum absolute atomic E-state index is 0.0369. The lowest BCUT2D eigenvalue weighted by Crippen LogP contribution is -2.32. The first-order chi connectivity index (χ1) is 9.15. The minimum Gasteiger partial charge on any atom is -0.356 e. The number of hydrogen-bond acceptors (Lipinski definition) is 2. The molecule has 0 spiro atoms. The number of carbonyl (C=O) groups is 1. The zero-order chi connectivity index (χ0) is 13.7. The van der Waals surface area contributed by atoms with Crippen LogP contribution in [0.4, 0.5) is 4.39 Å². The zero-order valence-corrected chi connectivity index (χ0v) is 12.3. The second-order valence-electron chi connectivity index (χ2n) is 4.83. The Bertz CT molecular complexity index is 447. The number of carbonyl (C=O) groups excluding carboxylic acids is 1. The van der Waals surface area contributed by atoms with E-state index in [0.29, 0.717) is 31.0 Å². The van der Waals surface area contributed by atoms with Crippen LogP contribution in [0.3, 0.4) is 0 Å². The number of halogens is 2. The van der Waals surface area contributed by atoms with E-state index in [0.717, 1.165) is 23.9 Å². The average molecular weight is 329 g/mol. The molecule has 2 N–H and O–H groups in total. The molecule has 0 aliphatic carbocycles. The smallest absolute Gasteiger partial charge is 0.221 e. The third-order valence-corrected chi connectivity index (χ3v) is 3.81. The van der Waals surface area contributed by atoms with Crippen LogP contribution in [0.1, 0.15) is 24.8 Å². The molecule has 5 heteroatoms. The van der Waals surface area contributed by atoms with Crippen molar-refractivity contribution in [1.29, 1.82) is 0 Å². The Balaban J connectivity index is 1.73. The van der Waals surface area contributed by atoms with Crippen molar-refractivity contribution in [2.45, 2.75) is 31.7 Å². The van der Waals surface area contributed by atoms with Gasteiger partial charge in [0, 0.05) is 23.5 Å². The van der Waals surface area contributed by atoms with Gasteiger partial charge in [0.15, 0.2) is 0 Å². The van der Waals surface area contributed by atoms with Gasteiger partial charge in [0.05, 0.1) is 0 Å². The molecule has 1 fully saturated rings. The lowest BCUT2D eigenvalue weighted by molar-refractivity contribution is -0.121. The Morgan fingerprint density at radius 1 is 1.53 bits per heavy atom. The lowest BCUT2D eigenvalue weighted by Gasteiger charge is -2.10. The van der Waals surface area contributed by atoms with Crippen LogP contribution in [0.15, 0.2) is 22.7 Å². The Morgan fingerprint density at radius 2 is 2.37 bits per heavy atom. The Labute approximate surface area is 121 Å². The summed E-state index contributed by atoms with van der Waals surface area (Å²) in [5, 5.41) is 6.13. The summed E-state index contributed by atoms with van der Waals surface area (Å²) in [6.07, 6.45) is 3.23. The molecule has 1 saturated heterocycles. The Kier molecular flexibility index (Phi) is 5.34. The van der Waals surface area contributed by atoms with Crippen molar-refractivity contribution < 1.29 is 9.18 Å². The Morgan fingerprint density at radius 3 is 3.11 bits per heavy atom. The van der Waals surface area contributed by atoms with E-state index in [1.165, 1.54) is 6.07 Å². The van der Waals surface area contributed by atoms with E-state index in [-0.39, 0.29) is 11.7 Å². The van der Waals surface area contributed by atoms with Crippen LogP contribution >= 0.6 is 15.9 Å². The number of hydrogen-bond donors (Lipinski definition) is 2. The van der Waals surface area contributed by atoms with Crippen LogP contribution in [0.5, 0.6) is 0 Å². The van der Waals surface area contributed by atoms with Gasteiger partial charge in [-0.2, -0.15) is 0 Å². The molecule has 1 aromatic rings. The highest BCUT2D eigenvalue weighted by Crippen LogP contribution is 2.15. The molecule has 1 heterocycles. The molecule has 1 aliphatic rings. The third-order valence-electron chi connectivity index (χ3n) is 3.32. The average Bonchev–Trinajstić information content (AvgIpc) is 2.86. The fourth-order valence-corrected chi connectivity index (χ4v) is 2.71. The van der Waals surface area contributed by atoms with E-state index < -0.39 is 0 Å². The van der Waals surface area contributed by atoms with Crippen molar-refractivity contribution in [3.63, 3.8) is 0 Å². The molecule has 1 aromatic carbocycles. The molecule has 19 heavy (non-hydrogen) atoms. The van der Waals surface area contributed by atoms with Gasteiger partial charge in [0.2, 0.25) is 5.91 Å². The van der Waals surface area contributed by atoms with Gasteiger partial charge in [-0.15, -0.1) is 0 Å². The molecule has 2 rings (SSSR count). The van der Waals surface area contributed by atoms with Gasteiger partial charge in [0.25, 0.3) is 0 Å². The molecule has 1 amide bonds. The molecule has 0 bridgehead atoms. The molecule has 3 nitrogen and oxygen atoms in total. The molecule has 0 radical (unpaired) electrons.